The molecule has 1 aromatic heterocycles. The summed E-state index contributed by atoms with van der Waals surface area (Å²) in [5.74, 6) is 0.593. The van der Waals surface area contributed by atoms with Crippen LogP contribution in [0, 0.1) is 13.8 Å². The second-order valence-electron chi connectivity index (χ2n) is 4.14. The van der Waals surface area contributed by atoms with Crippen LogP contribution in [0.3, 0.4) is 0 Å². The van der Waals surface area contributed by atoms with Crippen molar-refractivity contribution >= 4 is 37.8 Å². The summed E-state index contributed by atoms with van der Waals surface area (Å²) in [7, 11) is 0. The van der Waals surface area contributed by atoms with Crippen molar-refractivity contribution < 1.29 is 9.32 Å². The van der Waals surface area contributed by atoms with E-state index >= 15 is 0 Å². The van der Waals surface area contributed by atoms with Crippen LogP contribution in [0.15, 0.2) is 31.7 Å². The van der Waals surface area contributed by atoms with E-state index in [4.69, 9.17) is 4.52 Å². The van der Waals surface area contributed by atoms with Crippen LogP contribution in [-0.2, 0) is 6.54 Å². The van der Waals surface area contributed by atoms with E-state index in [9.17, 15) is 4.79 Å². The normalized spacial score (nSPS) is 10.5. The van der Waals surface area contributed by atoms with Gasteiger partial charge in [-0.3, -0.25) is 4.79 Å². The molecule has 0 bridgehead atoms. The number of aryl methyl sites for hydroxylation is 2. The lowest BCUT2D eigenvalue weighted by atomic mass is 10.2. The SMILES string of the molecule is Cc1noc(C)c1CNC(=O)c1cc(Br)cc(Br)c1. The third-order valence-corrected chi connectivity index (χ3v) is 3.65. The first kappa shape index (κ1) is 14.3. The molecule has 1 heterocycles. The molecule has 0 spiro atoms. The molecule has 4 nitrogen and oxygen atoms in total. The van der Waals surface area contributed by atoms with Gasteiger partial charge in [0.1, 0.15) is 5.76 Å². The number of amides is 1. The standard InChI is InChI=1S/C13H12Br2N2O2/c1-7-12(8(2)19-17-7)6-16-13(18)9-3-10(14)5-11(15)4-9/h3-5H,6H2,1-2H3,(H,16,18). The Labute approximate surface area is 127 Å². The Bertz CT molecular complexity index is 583. The highest BCUT2D eigenvalue weighted by atomic mass is 79.9. The zero-order valence-corrected chi connectivity index (χ0v) is 13.6. The molecular weight excluding hydrogens is 376 g/mol. The van der Waals surface area contributed by atoms with Crippen LogP contribution in [0.4, 0.5) is 0 Å². The fourth-order valence-corrected chi connectivity index (χ4v) is 3.00. The second kappa shape index (κ2) is 5.88. The minimum absolute atomic E-state index is 0.137. The molecule has 100 valence electrons. The van der Waals surface area contributed by atoms with Crippen LogP contribution in [0.1, 0.15) is 27.4 Å². The van der Waals surface area contributed by atoms with Gasteiger partial charge < -0.3 is 9.84 Å². The van der Waals surface area contributed by atoms with Crippen LogP contribution >= 0.6 is 31.9 Å². The molecule has 0 radical (unpaired) electrons. The fourth-order valence-electron chi connectivity index (χ4n) is 1.71. The molecule has 0 unspecified atom stereocenters. The summed E-state index contributed by atoms with van der Waals surface area (Å²) in [5.41, 5.74) is 2.31. The van der Waals surface area contributed by atoms with Crippen LogP contribution in [0.2, 0.25) is 0 Å². The van der Waals surface area contributed by atoms with Crippen molar-refractivity contribution in [1.82, 2.24) is 10.5 Å². The number of benzene rings is 1. The summed E-state index contributed by atoms with van der Waals surface area (Å²) in [6, 6.07) is 5.42. The molecular formula is C13H12Br2N2O2. The zero-order valence-electron chi connectivity index (χ0n) is 10.5. The minimum atomic E-state index is -0.137. The summed E-state index contributed by atoms with van der Waals surface area (Å²) in [6.45, 7) is 4.09. The number of aromatic nitrogens is 1. The van der Waals surface area contributed by atoms with Gasteiger partial charge in [0.25, 0.3) is 5.91 Å². The van der Waals surface area contributed by atoms with Gasteiger partial charge in [-0.1, -0.05) is 37.0 Å². The molecule has 2 aromatic rings. The van der Waals surface area contributed by atoms with E-state index in [0.717, 1.165) is 26.0 Å². The van der Waals surface area contributed by atoms with E-state index in [1.807, 2.05) is 19.9 Å². The Kier molecular flexibility index (Phi) is 4.42. The van der Waals surface area contributed by atoms with Gasteiger partial charge in [0.05, 0.1) is 5.69 Å². The van der Waals surface area contributed by atoms with Gasteiger partial charge in [0.15, 0.2) is 0 Å². The van der Waals surface area contributed by atoms with E-state index in [-0.39, 0.29) is 5.91 Å². The first-order chi connectivity index (χ1) is 8.97. The number of halogens is 2. The molecule has 2 rings (SSSR count). The molecule has 1 N–H and O–H groups in total. The van der Waals surface area contributed by atoms with E-state index < -0.39 is 0 Å². The summed E-state index contributed by atoms with van der Waals surface area (Å²) < 4.78 is 6.76. The van der Waals surface area contributed by atoms with Crippen molar-refractivity contribution in [3.63, 3.8) is 0 Å². The van der Waals surface area contributed by atoms with Crippen molar-refractivity contribution in [1.29, 1.82) is 0 Å². The van der Waals surface area contributed by atoms with Crippen LogP contribution in [0.5, 0.6) is 0 Å². The molecule has 0 saturated heterocycles. The van der Waals surface area contributed by atoms with Gasteiger partial charge in [0, 0.05) is 26.6 Å². The maximum Gasteiger partial charge on any atom is 0.251 e. The number of rotatable bonds is 3. The van der Waals surface area contributed by atoms with E-state index in [1.54, 1.807) is 12.1 Å². The molecule has 0 aliphatic carbocycles. The Morgan fingerprint density at radius 3 is 2.42 bits per heavy atom. The maximum atomic E-state index is 12.1. The van der Waals surface area contributed by atoms with Crippen LogP contribution < -0.4 is 5.32 Å². The van der Waals surface area contributed by atoms with E-state index in [0.29, 0.717) is 12.1 Å². The highest BCUT2D eigenvalue weighted by Crippen LogP contribution is 2.20. The van der Waals surface area contributed by atoms with Gasteiger partial charge >= 0.3 is 0 Å². The monoisotopic (exact) mass is 386 g/mol. The summed E-state index contributed by atoms with van der Waals surface area (Å²) in [5, 5.41) is 6.71. The molecule has 1 aromatic carbocycles. The lowest BCUT2D eigenvalue weighted by Crippen LogP contribution is -2.23. The first-order valence-electron chi connectivity index (χ1n) is 5.63. The highest BCUT2D eigenvalue weighted by molar-refractivity contribution is 9.11. The molecule has 0 aliphatic heterocycles. The lowest BCUT2D eigenvalue weighted by molar-refractivity contribution is 0.0950. The van der Waals surface area contributed by atoms with Gasteiger partial charge in [-0.15, -0.1) is 0 Å². The number of carbonyl (C=O) groups is 1. The zero-order chi connectivity index (χ0) is 14.0. The Morgan fingerprint density at radius 2 is 1.89 bits per heavy atom. The molecule has 6 heteroatoms. The minimum Gasteiger partial charge on any atom is -0.361 e. The Hall–Kier alpha value is -1.14. The number of nitrogens with zero attached hydrogens (tertiary/aromatic N) is 1. The number of carbonyl (C=O) groups excluding carboxylic acids is 1. The summed E-state index contributed by atoms with van der Waals surface area (Å²) in [6.07, 6.45) is 0. The largest absolute Gasteiger partial charge is 0.361 e. The van der Waals surface area contributed by atoms with Crippen LogP contribution in [0.25, 0.3) is 0 Å². The van der Waals surface area contributed by atoms with Gasteiger partial charge in [-0.25, -0.2) is 0 Å². The Morgan fingerprint density at radius 1 is 1.26 bits per heavy atom. The second-order valence-corrected chi connectivity index (χ2v) is 5.97. The number of hydrogen-bond donors (Lipinski definition) is 1. The number of hydrogen-bond acceptors (Lipinski definition) is 3. The third kappa shape index (κ3) is 3.45. The third-order valence-electron chi connectivity index (χ3n) is 2.73. The molecule has 0 aliphatic rings. The summed E-state index contributed by atoms with van der Waals surface area (Å²) >= 11 is 6.72. The van der Waals surface area contributed by atoms with E-state index in [2.05, 4.69) is 42.3 Å². The van der Waals surface area contributed by atoms with Gasteiger partial charge in [0.2, 0.25) is 0 Å². The fraction of sp³-hybridized carbons (Fsp3) is 0.231. The number of nitrogens with one attached hydrogen (secondary N) is 1. The summed E-state index contributed by atoms with van der Waals surface area (Å²) in [4.78, 5) is 12.1. The molecule has 0 fully saturated rings. The predicted octanol–water partition coefficient (Wildman–Crippen LogP) is 3.75. The highest BCUT2D eigenvalue weighted by Gasteiger charge is 2.12. The van der Waals surface area contributed by atoms with Crippen molar-refractivity contribution in [3.05, 3.63) is 49.7 Å². The van der Waals surface area contributed by atoms with Gasteiger partial charge in [-0.2, -0.15) is 0 Å². The van der Waals surface area contributed by atoms with Crippen molar-refractivity contribution in [3.8, 4) is 0 Å². The average Bonchev–Trinajstić information content (AvgIpc) is 2.65. The Balaban J connectivity index is 2.09. The lowest BCUT2D eigenvalue weighted by Gasteiger charge is -2.06. The van der Waals surface area contributed by atoms with Gasteiger partial charge in [-0.05, 0) is 32.0 Å². The van der Waals surface area contributed by atoms with E-state index in [1.165, 1.54) is 0 Å². The van der Waals surface area contributed by atoms with Crippen molar-refractivity contribution in [2.24, 2.45) is 0 Å². The maximum absolute atomic E-state index is 12.1. The van der Waals surface area contributed by atoms with Crippen molar-refractivity contribution in [2.45, 2.75) is 20.4 Å². The van der Waals surface area contributed by atoms with Crippen LogP contribution in [-0.4, -0.2) is 11.1 Å². The molecule has 0 saturated carbocycles. The molecule has 19 heavy (non-hydrogen) atoms. The topological polar surface area (TPSA) is 55.1 Å². The average molecular weight is 388 g/mol. The molecule has 0 atom stereocenters. The van der Waals surface area contributed by atoms with Crippen molar-refractivity contribution in [2.75, 3.05) is 0 Å². The quantitative estimate of drug-likeness (QED) is 0.872. The first-order valence-corrected chi connectivity index (χ1v) is 7.22. The smallest absolute Gasteiger partial charge is 0.251 e. The molecule has 1 amide bonds. The predicted molar refractivity (Wildman–Crippen MR) is 79.0 cm³/mol.